The second kappa shape index (κ2) is 10.8. The number of likely N-dealkylation sites (N-methyl/N-ethyl adjacent to an activating group) is 1. The fourth-order valence-electron chi connectivity index (χ4n) is 4.83. The minimum Gasteiger partial charge on any atom is -0.486 e. The zero-order chi connectivity index (χ0) is 23.4. The smallest absolute Gasteiger partial charge is 0.138 e. The molecule has 0 aromatic carbocycles. The van der Waals surface area contributed by atoms with Crippen molar-refractivity contribution in [3.05, 3.63) is 48.0 Å². The Hall–Kier alpha value is -2.18. The number of aromatic nitrogens is 2. The standard InChI is InChI=1S/C27H41N5O/c1-20(2)26-10-8-23(16-28-26)32-14-12-31(13-15-32)22(4)7-6-21(3)27-11-9-24(17-29-27)33-25-18-30(5)19-25/h8-11,16-17,20-22,25H,6-7,12-15,18-19H2,1-5H3. The van der Waals surface area contributed by atoms with Crippen molar-refractivity contribution in [2.45, 2.75) is 64.5 Å². The summed E-state index contributed by atoms with van der Waals surface area (Å²) in [6, 6.07) is 9.23. The maximum atomic E-state index is 5.97. The first-order chi connectivity index (χ1) is 15.9. The zero-order valence-electron chi connectivity index (χ0n) is 21.1. The van der Waals surface area contributed by atoms with Crippen LogP contribution in [0.25, 0.3) is 0 Å². The summed E-state index contributed by atoms with van der Waals surface area (Å²) in [6.07, 6.45) is 6.61. The quantitative estimate of drug-likeness (QED) is 0.564. The highest BCUT2D eigenvalue weighted by Crippen LogP contribution is 2.25. The first-order valence-corrected chi connectivity index (χ1v) is 12.6. The lowest BCUT2D eigenvalue weighted by molar-refractivity contribution is 0.0385. The Morgan fingerprint density at radius 3 is 2.15 bits per heavy atom. The Balaban J connectivity index is 1.19. The van der Waals surface area contributed by atoms with Crippen molar-refractivity contribution < 1.29 is 4.74 Å². The van der Waals surface area contributed by atoms with E-state index in [0.29, 0.717) is 24.0 Å². The fraction of sp³-hybridized carbons (Fsp3) is 0.630. The van der Waals surface area contributed by atoms with E-state index in [2.05, 4.69) is 78.7 Å². The second-order valence-corrected chi connectivity index (χ2v) is 10.3. The molecule has 2 aliphatic heterocycles. The van der Waals surface area contributed by atoms with E-state index >= 15 is 0 Å². The van der Waals surface area contributed by atoms with Crippen LogP contribution in [-0.4, -0.2) is 78.2 Å². The summed E-state index contributed by atoms with van der Waals surface area (Å²) in [7, 11) is 2.12. The largest absolute Gasteiger partial charge is 0.486 e. The summed E-state index contributed by atoms with van der Waals surface area (Å²) in [6.45, 7) is 15.4. The Labute approximate surface area is 200 Å². The fourth-order valence-corrected chi connectivity index (χ4v) is 4.83. The lowest BCUT2D eigenvalue weighted by Gasteiger charge is -2.39. The van der Waals surface area contributed by atoms with Gasteiger partial charge < -0.3 is 9.64 Å². The normalized spacial score (nSPS) is 20.0. The molecule has 4 rings (SSSR count). The van der Waals surface area contributed by atoms with E-state index in [-0.39, 0.29) is 0 Å². The van der Waals surface area contributed by atoms with Gasteiger partial charge in [0.2, 0.25) is 0 Å². The molecule has 2 unspecified atom stereocenters. The molecule has 0 N–H and O–H groups in total. The minimum absolute atomic E-state index is 0.317. The van der Waals surface area contributed by atoms with Crippen molar-refractivity contribution in [2.75, 3.05) is 51.2 Å². The summed E-state index contributed by atoms with van der Waals surface area (Å²) >= 11 is 0. The molecule has 2 saturated heterocycles. The summed E-state index contributed by atoms with van der Waals surface area (Å²) < 4.78 is 5.97. The molecule has 2 aliphatic rings. The molecule has 0 aliphatic carbocycles. The van der Waals surface area contributed by atoms with Crippen LogP contribution in [0.5, 0.6) is 5.75 Å². The van der Waals surface area contributed by atoms with Crippen LogP contribution in [-0.2, 0) is 0 Å². The van der Waals surface area contributed by atoms with Gasteiger partial charge in [0.1, 0.15) is 11.9 Å². The van der Waals surface area contributed by atoms with Crippen LogP contribution in [0.4, 0.5) is 5.69 Å². The molecule has 4 heterocycles. The van der Waals surface area contributed by atoms with Gasteiger partial charge in [-0.2, -0.15) is 0 Å². The predicted octanol–water partition coefficient (Wildman–Crippen LogP) is 4.39. The van der Waals surface area contributed by atoms with E-state index in [1.54, 1.807) is 0 Å². The molecule has 6 nitrogen and oxygen atoms in total. The third-order valence-corrected chi connectivity index (χ3v) is 7.28. The van der Waals surface area contributed by atoms with E-state index in [1.807, 2.05) is 12.4 Å². The maximum Gasteiger partial charge on any atom is 0.138 e. The van der Waals surface area contributed by atoms with E-state index in [0.717, 1.165) is 51.4 Å². The van der Waals surface area contributed by atoms with Crippen molar-refractivity contribution in [1.82, 2.24) is 19.8 Å². The summed E-state index contributed by atoms with van der Waals surface area (Å²) in [5, 5.41) is 0. The molecule has 180 valence electrons. The van der Waals surface area contributed by atoms with Crippen molar-refractivity contribution >= 4 is 5.69 Å². The number of hydrogen-bond acceptors (Lipinski definition) is 6. The molecule has 0 spiro atoms. The number of likely N-dealkylation sites (tertiary alicyclic amines) is 1. The molecule has 0 bridgehead atoms. The lowest BCUT2D eigenvalue weighted by atomic mass is 9.97. The van der Waals surface area contributed by atoms with Crippen LogP contribution in [0.15, 0.2) is 36.7 Å². The molecular formula is C27H41N5O. The maximum absolute atomic E-state index is 5.97. The minimum atomic E-state index is 0.317. The molecule has 2 aromatic heterocycles. The molecule has 6 heteroatoms. The number of piperazine rings is 1. The van der Waals surface area contributed by atoms with Crippen LogP contribution in [0.3, 0.4) is 0 Å². The van der Waals surface area contributed by atoms with Crippen LogP contribution in [0.2, 0.25) is 0 Å². The van der Waals surface area contributed by atoms with Crippen molar-refractivity contribution in [1.29, 1.82) is 0 Å². The first kappa shape index (κ1) is 24.0. The average Bonchev–Trinajstić information content (AvgIpc) is 2.82. The van der Waals surface area contributed by atoms with Gasteiger partial charge in [-0.05, 0) is 62.9 Å². The van der Waals surface area contributed by atoms with Gasteiger partial charge in [0, 0.05) is 56.7 Å². The van der Waals surface area contributed by atoms with Gasteiger partial charge in [-0.25, -0.2) is 0 Å². The van der Waals surface area contributed by atoms with E-state index in [4.69, 9.17) is 9.72 Å². The molecule has 2 fully saturated rings. The molecule has 0 saturated carbocycles. The van der Waals surface area contributed by atoms with E-state index in [9.17, 15) is 0 Å². The summed E-state index contributed by atoms with van der Waals surface area (Å²) in [5.74, 6) is 1.84. The van der Waals surface area contributed by atoms with Gasteiger partial charge in [0.15, 0.2) is 0 Å². The Kier molecular flexibility index (Phi) is 7.86. The number of rotatable bonds is 9. The van der Waals surface area contributed by atoms with Gasteiger partial charge in [-0.15, -0.1) is 0 Å². The van der Waals surface area contributed by atoms with Gasteiger partial charge in [0.05, 0.1) is 18.1 Å². The molecule has 0 radical (unpaired) electrons. The number of anilines is 1. The lowest BCUT2D eigenvalue weighted by Crippen LogP contribution is -2.51. The zero-order valence-corrected chi connectivity index (χ0v) is 21.1. The van der Waals surface area contributed by atoms with Gasteiger partial charge in [-0.3, -0.25) is 19.8 Å². The van der Waals surface area contributed by atoms with Crippen molar-refractivity contribution in [2.24, 2.45) is 0 Å². The number of pyridine rings is 2. The highest BCUT2D eigenvalue weighted by molar-refractivity contribution is 5.45. The monoisotopic (exact) mass is 451 g/mol. The van der Waals surface area contributed by atoms with Crippen LogP contribution < -0.4 is 9.64 Å². The summed E-state index contributed by atoms with van der Waals surface area (Å²) in [4.78, 5) is 16.7. The second-order valence-electron chi connectivity index (χ2n) is 10.3. The van der Waals surface area contributed by atoms with Gasteiger partial charge in [0.25, 0.3) is 0 Å². The van der Waals surface area contributed by atoms with Crippen LogP contribution in [0.1, 0.15) is 63.8 Å². The summed E-state index contributed by atoms with van der Waals surface area (Å²) in [5.41, 5.74) is 3.59. The number of hydrogen-bond donors (Lipinski definition) is 0. The van der Waals surface area contributed by atoms with Gasteiger partial charge >= 0.3 is 0 Å². The van der Waals surface area contributed by atoms with Crippen molar-refractivity contribution in [3.8, 4) is 5.75 Å². The third kappa shape index (κ3) is 6.24. The average molecular weight is 452 g/mol. The predicted molar refractivity (Wildman–Crippen MR) is 135 cm³/mol. The first-order valence-electron chi connectivity index (χ1n) is 12.6. The van der Waals surface area contributed by atoms with Gasteiger partial charge in [-0.1, -0.05) is 20.8 Å². The molecule has 2 atom stereocenters. The number of ether oxygens (including phenoxy) is 1. The molecule has 0 amide bonds. The van der Waals surface area contributed by atoms with Crippen molar-refractivity contribution in [3.63, 3.8) is 0 Å². The molecular weight excluding hydrogens is 410 g/mol. The van der Waals surface area contributed by atoms with E-state index in [1.165, 1.54) is 23.5 Å². The Bertz CT molecular complexity index is 855. The van der Waals surface area contributed by atoms with Crippen LogP contribution >= 0.6 is 0 Å². The third-order valence-electron chi connectivity index (χ3n) is 7.28. The topological polar surface area (TPSA) is 44.7 Å². The SMILES string of the molecule is CC(C)c1ccc(N2CCN(C(C)CCC(C)c3ccc(OC4CN(C)C4)cn3)CC2)cn1. The highest BCUT2D eigenvalue weighted by atomic mass is 16.5. The number of nitrogens with zero attached hydrogens (tertiary/aromatic N) is 5. The Morgan fingerprint density at radius 1 is 0.879 bits per heavy atom. The Morgan fingerprint density at radius 2 is 1.58 bits per heavy atom. The highest BCUT2D eigenvalue weighted by Gasteiger charge is 2.25. The molecule has 33 heavy (non-hydrogen) atoms. The van der Waals surface area contributed by atoms with E-state index < -0.39 is 0 Å². The molecule has 2 aromatic rings. The van der Waals surface area contributed by atoms with Crippen LogP contribution in [0, 0.1) is 0 Å².